The van der Waals surface area contributed by atoms with E-state index in [4.69, 9.17) is 0 Å². The monoisotopic (exact) mass is 351 g/mol. The number of nitrogens with zero attached hydrogens (tertiary/aromatic N) is 1. The Kier molecular flexibility index (Phi) is 6.16. The van der Waals surface area contributed by atoms with E-state index in [0.717, 1.165) is 18.8 Å². The summed E-state index contributed by atoms with van der Waals surface area (Å²) >= 11 is 0. The molecule has 7 heteroatoms. The van der Waals surface area contributed by atoms with Crippen LogP contribution in [0.5, 0.6) is 0 Å². The van der Waals surface area contributed by atoms with Gasteiger partial charge in [0.1, 0.15) is 0 Å². The third kappa shape index (κ3) is 4.35. The van der Waals surface area contributed by atoms with Crippen molar-refractivity contribution in [1.82, 2.24) is 14.9 Å². The van der Waals surface area contributed by atoms with E-state index in [1.807, 2.05) is 0 Å². The van der Waals surface area contributed by atoms with E-state index >= 15 is 0 Å². The van der Waals surface area contributed by atoms with Gasteiger partial charge in [0.05, 0.1) is 5.75 Å². The molecule has 0 aromatic heterocycles. The van der Waals surface area contributed by atoms with Crippen molar-refractivity contribution in [2.75, 3.05) is 38.5 Å². The molecule has 22 heavy (non-hydrogen) atoms. The van der Waals surface area contributed by atoms with Gasteiger partial charge in [0.2, 0.25) is 10.0 Å². The minimum Gasteiger partial charge on any atom is -0.316 e. The van der Waals surface area contributed by atoms with Gasteiger partial charge >= 0.3 is 0 Å². The van der Waals surface area contributed by atoms with Crippen molar-refractivity contribution < 1.29 is 8.42 Å². The van der Waals surface area contributed by atoms with Crippen molar-refractivity contribution >= 4 is 22.4 Å². The maximum atomic E-state index is 11.6. The normalized spacial score (nSPS) is 29.2. The van der Waals surface area contributed by atoms with Gasteiger partial charge in [0.25, 0.3) is 0 Å². The minimum atomic E-state index is -3.04. The van der Waals surface area contributed by atoms with Crippen LogP contribution in [0.15, 0.2) is 0 Å². The fourth-order valence-corrected chi connectivity index (χ4v) is 5.18. The molecule has 2 saturated heterocycles. The van der Waals surface area contributed by atoms with Gasteiger partial charge in [-0.3, -0.25) is 0 Å². The zero-order valence-corrected chi connectivity index (χ0v) is 15.1. The van der Waals surface area contributed by atoms with Gasteiger partial charge < -0.3 is 10.2 Å². The first-order chi connectivity index (χ1) is 10.0. The van der Waals surface area contributed by atoms with Crippen LogP contribution in [0.3, 0.4) is 0 Å². The molecule has 0 aromatic rings. The van der Waals surface area contributed by atoms with Gasteiger partial charge in [-0.1, -0.05) is 0 Å². The molecule has 0 unspecified atom stereocenters. The third-order valence-electron chi connectivity index (χ3n) is 5.57. The van der Waals surface area contributed by atoms with Crippen molar-refractivity contribution in [3.63, 3.8) is 0 Å². The van der Waals surface area contributed by atoms with Crippen molar-refractivity contribution in [3.8, 4) is 0 Å². The number of hydrogen-bond donors (Lipinski definition) is 2. The number of halogens is 1. The van der Waals surface area contributed by atoms with Crippen LogP contribution in [-0.2, 0) is 10.0 Å². The molecule has 2 N–H and O–H groups in total. The van der Waals surface area contributed by atoms with E-state index in [0.29, 0.717) is 5.41 Å². The average Bonchev–Trinajstić information content (AvgIpc) is 2.92. The lowest BCUT2D eigenvalue weighted by molar-refractivity contribution is -0.0387. The highest BCUT2D eigenvalue weighted by Crippen LogP contribution is 2.44. The predicted octanol–water partition coefficient (Wildman–Crippen LogP) is 1.20. The summed E-state index contributed by atoms with van der Waals surface area (Å²) in [6.07, 6.45) is 5.72. The minimum absolute atomic E-state index is 0. The van der Waals surface area contributed by atoms with Gasteiger partial charge in [0.15, 0.2) is 0 Å². The van der Waals surface area contributed by atoms with Crippen LogP contribution in [0.2, 0.25) is 0 Å². The molecule has 0 radical (unpaired) electrons. The average molecular weight is 352 g/mol. The molecular formula is C15H30ClN3O2S. The van der Waals surface area contributed by atoms with E-state index in [1.165, 1.54) is 52.0 Å². The molecule has 5 nitrogen and oxygen atoms in total. The molecule has 2 aliphatic heterocycles. The lowest BCUT2D eigenvalue weighted by Gasteiger charge is -2.54. The Balaban J connectivity index is 0.00000176. The fraction of sp³-hybridized carbons (Fsp3) is 1.00. The topological polar surface area (TPSA) is 61.4 Å². The summed E-state index contributed by atoms with van der Waals surface area (Å²) in [5, 5.41) is 3.44. The zero-order chi connectivity index (χ0) is 14.9. The highest BCUT2D eigenvalue weighted by Gasteiger charge is 2.45. The number of rotatable bonds is 5. The summed E-state index contributed by atoms with van der Waals surface area (Å²) in [7, 11) is -3.04. The third-order valence-corrected chi connectivity index (χ3v) is 7.02. The number of hydrogen-bond acceptors (Lipinski definition) is 4. The molecule has 0 bridgehead atoms. The summed E-state index contributed by atoms with van der Waals surface area (Å²) in [6.45, 7) is 7.79. The van der Waals surface area contributed by atoms with Crippen LogP contribution >= 0.6 is 12.4 Å². The van der Waals surface area contributed by atoms with Crippen molar-refractivity contribution in [2.24, 2.45) is 11.3 Å². The fourth-order valence-electron chi connectivity index (χ4n) is 4.27. The highest BCUT2D eigenvalue weighted by atomic mass is 35.5. The Labute approximate surface area is 141 Å². The quantitative estimate of drug-likeness (QED) is 0.781. The van der Waals surface area contributed by atoms with Gasteiger partial charge in [-0.2, -0.15) is 0 Å². The summed E-state index contributed by atoms with van der Waals surface area (Å²) in [5.74, 6) is 1.03. The van der Waals surface area contributed by atoms with E-state index in [9.17, 15) is 8.42 Å². The van der Waals surface area contributed by atoms with Crippen molar-refractivity contribution in [2.45, 2.75) is 45.1 Å². The Morgan fingerprint density at radius 2 is 1.91 bits per heavy atom. The van der Waals surface area contributed by atoms with Crippen LogP contribution in [0.1, 0.15) is 39.0 Å². The molecule has 3 aliphatic rings. The maximum Gasteiger partial charge on any atom is 0.211 e. The summed E-state index contributed by atoms with van der Waals surface area (Å²) in [4.78, 5) is 2.61. The molecule has 1 spiro atoms. The number of nitrogens with one attached hydrogen (secondary N) is 2. The van der Waals surface area contributed by atoms with Gasteiger partial charge in [0, 0.05) is 25.7 Å². The Hall–Kier alpha value is 0.120. The molecule has 0 amide bonds. The molecule has 0 aromatic carbocycles. The number of sulfonamides is 1. The van der Waals surface area contributed by atoms with Gasteiger partial charge in [-0.05, 0) is 63.5 Å². The largest absolute Gasteiger partial charge is 0.316 e. The first-order valence-corrected chi connectivity index (χ1v) is 10.1. The van der Waals surface area contributed by atoms with E-state index in [2.05, 4.69) is 14.9 Å². The molecular weight excluding hydrogens is 322 g/mol. The SMILES string of the molecule is CCS(=O)(=O)NC1CCC2(CC1)CN(C[C@@H]1CCNC1)C2.Cl. The Bertz CT molecular complexity index is 449. The van der Waals surface area contributed by atoms with E-state index < -0.39 is 10.0 Å². The van der Waals surface area contributed by atoms with Crippen LogP contribution in [0, 0.1) is 11.3 Å². The summed E-state index contributed by atoms with van der Waals surface area (Å²) < 4.78 is 26.1. The lowest BCUT2D eigenvalue weighted by Crippen LogP contribution is -2.59. The van der Waals surface area contributed by atoms with Gasteiger partial charge in [-0.15, -0.1) is 12.4 Å². The lowest BCUT2D eigenvalue weighted by atomic mass is 9.67. The molecule has 2 heterocycles. The van der Waals surface area contributed by atoms with E-state index in [-0.39, 0.29) is 24.2 Å². The smallest absolute Gasteiger partial charge is 0.211 e. The van der Waals surface area contributed by atoms with E-state index in [1.54, 1.807) is 6.92 Å². The first-order valence-electron chi connectivity index (χ1n) is 8.43. The van der Waals surface area contributed by atoms with Crippen LogP contribution in [0.4, 0.5) is 0 Å². The Morgan fingerprint density at radius 3 is 2.45 bits per heavy atom. The molecule has 1 atom stereocenters. The van der Waals surface area contributed by atoms with Crippen molar-refractivity contribution in [1.29, 1.82) is 0 Å². The second-order valence-corrected chi connectivity index (χ2v) is 9.37. The van der Waals surface area contributed by atoms with Gasteiger partial charge in [-0.25, -0.2) is 13.1 Å². The summed E-state index contributed by atoms with van der Waals surface area (Å²) in [6, 6.07) is 0.175. The van der Waals surface area contributed by atoms with Crippen molar-refractivity contribution in [3.05, 3.63) is 0 Å². The van der Waals surface area contributed by atoms with Crippen LogP contribution < -0.4 is 10.0 Å². The molecule has 1 aliphatic carbocycles. The predicted molar refractivity (Wildman–Crippen MR) is 92.0 cm³/mol. The van der Waals surface area contributed by atoms with Crippen LogP contribution in [0.25, 0.3) is 0 Å². The number of likely N-dealkylation sites (tertiary alicyclic amines) is 1. The second kappa shape index (κ2) is 7.34. The molecule has 3 fully saturated rings. The zero-order valence-electron chi connectivity index (χ0n) is 13.5. The Morgan fingerprint density at radius 1 is 1.23 bits per heavy atom. The second-order valence-electron chi connectivity index (χ2n) is 7.32. The standard InChI is InChI=1S/C15H29N3O2S.ClH/c1-2-21(19,20)17-14-3-6-15(7-4-14)11-18(12-15)10-13-5-8-16-9-13;/h13-14,16-17H,2-12H2,1H3;1H/t13-;/m1./s1. The maximum absolute atomic E-state index is 11.6. The highest BCUT2D eigenvalue weighted by molar-refractivity contribution is 7.89. The van der Waals surface area contributed by atoms with Crippen LogP contribution in [-0.4, -0.2) is 57.8 Å². The first kappa shape index (κ1) is 18.5. The molecule has 130 valence electrons. The molecule has 3 rings (SSSR count). The molecule has 1 saturated carbocycles. The summed E-state index contributed by atoms with van der Waals surface area (Å²) in [5.41, 5.74) is 0.500.